The Hall–Kier alpha value is -0.330. The van der Waals surface area contributed by atoms with Crippen LogP contribution in [0.15, 0.2) is 21.1 Å². The summed E-state index contributed by atoms with van der Waals surface area (Å²) in [7, 11) is 0. The molecule has 6 heteroatoms. The molecule has 0 fully saturated rings. The van der Waals surface area contributed by atoms with Gasteiger partial charge in [-0.25, -0.2) is 0 Å². The first-order valence-corrected chi connectivity index (χ1v) is 5.31. The van der Waals surface area contributed by atoms with Crippen LogP contribution < -0.4 is 16.8 Å². The Morgan fingerprint density at radius 3 is 2.15 bits per heavy atom. The van der Waals surface area contributed by atoms with E-state index in [1.165, 1.54) is 0 Å². The quantitative estimate of drug-likeness (QED) is 0.548. The zero-order valence-corrected chi connectivity index (χ0v) is 10.5. The lowest BCUT2D eigenvalue weighted by Crippen LogP contribution is -2.19. The van der Waals surface area contributed by atoms with E-state index >= 15 is 0 Å². The molecule has 0 aromatic heterocycles. The summed E-state index contributed by atoms with van der Waals surface area (Å²) in [6.07, 6.45) is 0. The number of thiocarbonyl (C=S) groups is 1. The van der Waals surface area contributed by atoms with Crippen LogP contribution in [0.25, 0.3) is 0 Å². The van der Waals surface area contributed by atoms with Gasteiger partial charge in [-0.2, -0.15) is 0 Å². The third-order valence-electron chi connectivity index (χ3n) is 1.31. The second kappa shape index (κ2) is 4.26. The van der Waals surface area contributed by atoms with Crippen molar-refractivity contribution >= 4 is 60.6 Å². The summed E-state index contributed by atoms with van der Waals surface area (Å²) in [4.78, 5) is 0. The van der Waals surface area contributed by atoms with Crippen molar-refractivity contribution in [2.45, 2.75) is 0 Å². The SMILES string of the molecule is NC(=S)Nc1c(Br)cc(N)cc1Br. The highest BCUT2D eigenvalue weighted by atomic mass is 79.9. The predicted molar refractivity (Wildman–Crippen MR) is 66.7 cm³/mol. The summed E-state index contributed by atoms with van der Waals surface area (Å²) in [5, 5.41) is 3.04. The summed E-state index contributed by atoms with van der Waals surface area (Å²) in [6.45, 7) is 0. The van der Waals surface area contributed by atoms with Crippen molar-refractivity contribution in [3.63, 3.8) is 0 Å². The number of nitrogen functional groups attached to an aromatic ring is 1. The van der Waals surface area contributed by atoms with E-state index < -0.39 is 0 Å². The molecule has 1 aromatic rings. The van der Waals surface area contributed by atoms with Crippen molar-refractivity contribution in [2.24, 2.45) is 5.73 Å². The molecule has 0 aliphatic heterocycles. The highest BCUT2D eigenvalue weighted by Gasteiger charge is 2.06. The number of nitrogens with one attached hydrogen (secondary N) is 1. The van der Waals surface area contributed by atoms with Gasteiger partial charge in [0.05, 0.1) is 5.69 Å². The highest BCUT2D eigenvalue weighted by Crippen LogP contribution is 2.33. The molecular formula is C7H7Br2N3S. The minimum absolute atomic E-state index is 0.214. The number of benzene rings is 1. The van der Waals surface area contributed by atoms with E-state index in [4.69, 9.17) is 23.7 Å². The standard InChI is InChI=1S/C7H7Br2N3S/c8-4-1-3(10)2-5(9)6(4)12-7(11)13/h1-2H,10H2,(H3,11,12,13). The van der Waals surface area contributed by atoms with Crippen LogP contribution in [0.2, 0.25) is 0 Å². The van der Waals surface area contributed by atoms with Gasteiger partial charge >= 0.3 is 0 Å². The van der Waals surface area contributed by atoms with Gasteiger partial charge in [0.25, 0.3) is 0 Å². The number of hydrogen-bond acceptors (Lipinski definition) is 2. The molecule has 0 aliphatic carbocycles. The molecule has 5 N–H and O–H groups in total. The number of anilines is 2. The Bertz CT molecular complexity index is 331. The van der Waals surface area contributed by atoms with Crippen LogP contribution in [0.3, 0.4) is 0 Å². The van der Waals surface area contributed by atoms with E-state index in [1.54, 1.807) is 12.1 Å². The van der Waals surface area contributed by atoms with Crippen LogP contribution in [0.4, 0.5) is 11.4 Å². The van der Waals surface area contributed by atoms with Crippen molar-refractivity contribution in [2.75, 3.05) is 11.1 Å². The lowest BCUT2D eigenvalue weighted by atomic mass is 10.3. The van der Waals surface area contributed by atoms with Gasteiger partial charge in [-0.3, -0.25) is 0 Å². The maximum atomic E-state index is 5.61. The normalized spacial score (nSPS) is 9.69. The molecule has 0 amide bonds. The van der Waals surface area contributed by atoms with Crippen LogP contribution in [0.5, 0.6) is 0 Å². The summed E-state index contributed by atoms with van der Waals surface area (Å²) >= 11 is 11.4. The topological polar surface area (TPSA) is 64.1 Å². The summed E-state index contributed by atoms with van der Waals surface area (Å²) in [5.74, 6) is 0. The van der Waals surface area contributed by atoms with Gasteiger partial charge in [0.15, 0.2) is 5.11 Å². The minimum atomic E-state index is 0.214. The fourth-order valence-electron chi connectivity index (χ4n) is 0.835. The van der Waals surface area contributed by atoms with Crippen molar-refractivity contribution in [3.05, 3.63) is 21.1 Å². The third kappa shape index (κ3) is 2.82. The first-order chi connectivity index (χ1) is 6.00. The van der Waals surface area contributed by atoms with E-state index in [0.717, 1.165) is 14.6 Å². The monoisotopic (exact) mass is 323 g/mol. The molecule has 1 aromatic carbocycles. The lowest BCUT2D eigenvalue weighted by molar-refractivity contribution is 1.53. The van der Waals surface area contributed by atoms with E-state index in [-0.39, 0.29) is 5.11 Å². The van der Waals surface area contributed by atoms with Gasteiger partial charge in [-0.15, -0.1) is 0 Å². The fourth-order valence-corrected chi connectivity index (χ4v) is 2.36. The second-order valence-electron chi connectivity index (χ2n) is 2.35. The smallest absolute Gasteiger partial charge is 0.168 e. The average molecular weight is 325 g/mol. The first-order valence-electron chi connectivity index (χ1n) is 3.31. The van der Waals surface area contributed by atoms with Gasteiger partial charge in [0.1, 0.15) is 0 Å². The molecule has 0 aliphatic rings. The molecular weight excluding hydrogens is 318 g/mol. The van der Waals surface area contributed by atoms with Gasteiger partial charge in [0.2, 0.25) is 0 Å². The molecule has 70 valence electrons. The van der Waals surface area contributed by atoms with E-state index in [1.807, 2.05) is 0 Å². The highest BCUT2D eigenvalue weighted by molar-refractivity contribution is 9.11. The second-order valence-corrected chi connectivity index (χ2v) is 4.50. The van der Waals surface area contributed by atoms with Gasteiger partial charge < -0.3 is 16.8 Å². The fraction of sp³-hybridized carbons (Fsp3) is 0. The molecule has 0 saturated heterocycles. The van der Waals surface area contributed by atoms with Crippen molar-refractivity contribution in [3.8, 4) is 0 Å². The van der Waals surface area contributed by atoms with Gasteiger partial charge in [-0.1, -0.05) is 0 Å². The Morgan fingerprint density at radius 1 is 1.31 bits per heavy atom. The summed E-state index contributed by atoms with van der Waals surface area (Å²) < 4.78 is 1.62. The molecule has 0 spiro atoms. The third-order valence-corrected chi connectivity index (χ3v) is 2.67. The van der Waals surface area contributed by atoms with E-state index in [2.05, 4.69) is 37.2 Å². The molecule has 0 atom stereocenters. The maximum absolute atomic E-state index is 5.61. The number of halogens is 2. The molecule has 0 heterocycles. The Morgan fingerprint density at radius 2 is 1.77 bits per heavy atom. The van der Waals surface area contributed by atoms with Gasteiger partial charge in [-0.05, 0) is 56.2 Å². The molecule has 0 unspecified atom stereocenters. The molecule has 0 saturated carbocycles. The first kappa shape index (κ1) is 10.7. The van der Waals surface area contributed by atoms with Crippen LogP contribution in [-0.2, 0) is 0 Å². The van der Waals surface area contributed by atoms with Crippen LogP contribution in [0, 0.1) is 0 Å². The van der Waals surface area contributed by atoms with Crippen LogP contribution in [-0.4, -0.2) is 5.11 Å². The maximum Gasteiger partial charge on any atom is 0.168 e. The van der Waals surface area contributed by atoms with E-state index in [0.29, 0.717) is 5.69 Å². The zero-order chi connectivity index (χ0) is 10.0. The summed E-state index contributed by atoms with van der Waals surface area (Å²) in [6, 6.07) is 3.54. The Labute approximate surface area is 98.1 Å². The Balaban J connectivity index is 3.13. The van der Waals surface area contributed by atoms with E-state index in [9.17, 15) is 0 Å². The Kier molecular flexibility index (Phi) is 3.52. The average Bonchev–Trinajstić information content (AvgIpc) is 1.96. The molecule has 0 radical (unpaired) electrons. The number of rotatable bonds is 1. The lowest BCUT2D eigenvalue weighted by Gasteiger charge is -2.09. The summed E-state index contributed by atoms with van der Waals surface area (Å²) in [5.41, 5.74) is 12.4. The zero-order valence-electron chi connectivity index (χ0n) is 6.47. The van der Waals surface area contributed by atoms with Crippen molar-refractivity contribution in [1.29, 1.82) is 0 Å². The minimum Gasteiger partial charge on any atom is -0.399 e. The predicted octanol–water partition coefficient (Wildman–Crippen LogP) is 2.45. The molecule has 1 rings (SSSR count). The molecule has 13 heavy (non-hydrogen) atoms. The van der Waals surface area contributed by atoms with Gasteiger partial charge in [0, 0.05) is 14.6 Å². The van der Waals surface area contributed by atoms with Crippen LogP contribution >= 0.6 is 44.1 Å². The molecule has 3 nitrogen and oxygen atoms in total. The van der Waals surface area contributed by atoms with Crippen LogP contribution in [0.1, 0.15) is 0 Å². The largest absolute Gasteiger partial charge is 0.399 e. The van der Waals surface area contributed by atoms with Crippen molar-refractivity contribution < 1.29 is 0 Å². The number of nitrogens with two attached hydrogens (primary N) is 2. The molecule has 0 bridgehead atoms. The van der Waals surface area contributed by atoms with Crippen molar-refractivity contribution in [1.82, 2.24) is 0 Å². The number of hydrogen-bond donors (Lipinski definition) is 3.